The molecule has 0 saturated heterocycles. The van der Waals surface area contributed by atoms with E-state index in [4.69, 9.17) is 11.5 Å². The summed E-state index contributed by atoms with van der Waals surface area (Å²) in [4.78, 5) is 14.9. The fourth-order valence-electron chi connectivity index (χ4n) is 1.14. The molecule has 1 rings (SSSR count). The van der Waals surface area contributed by atoms with E-state index in [1.807, 2.05) is 32.1 Å². The highest BCUT2D eigenvalue weighted by Crippen LogP contribution is 2.22. The minimum absolute atomic E-state index is 0.0590. The maximum absolute atomic E-state index is 11.5. The van der Waals surface area contributed by atoms with E-state index in [9.17, 15) is 4.79 Å². The molecule has 1 aliphatic rings. The third kappa shape index (κ3) is 3.42. The number of aliphatic imine (C=N–C) groups is 1. The van der Waals surface area contributed by atoms with E-state index in [2.05, 4.69) is 4.99 Å². The summed E-state index contributed by atoms with van der Waals surface area (Å²) in [6.07, 6.45) is 9.19. The van der Waals surface area contributed by atoms with Crippen molar-refractivity contribution >= 4 is 11.9 Å². The van der Waals surface area contributed by atoms with Crippen LogP contribution in [0.15, 0.2) is 40.9 Å². The standard InChI is InChI=1S/C11H15N3O/c1-11(2)6-3-4-8(5-7-11)9(15)14-10(12)13/h3-7H,1-2H3,(H4,12,13,14,15). The highest BCUT2D eigenvalue weighted by Gasteiger charge is 2.13. The van der Waals surface area contributed by atoms with Crippen molar-refractivity contribution in [2.45, 2.75) is 13.8 Å². The van der Waals surface area contributed by atoms with Crippen molar-refractivity contribution in [3.8, 4) is 0 Å². The molecule has 0 radical (unpaired) electrons. The molecule has 4 N–H and O–H groups in total. The van der Waals surface area contributed by atoms with Gasteiger partial charge in [0.15, 0.2) is 5.96 Å². The van der Waals surface area contributed by atoms with Crippen molar-refractivity contribution in [2.75, 3.05) is 0 Å². The van der Waals surface area contributed by atoms with Crippen LogP contribution in [0.4, 0.5) is 0 Å². The molecular formula is C11H15N3O. The molecule has 0 saturated carbocycles. The second-order valence-corrected chi connectivity index (χ2v) is 3.98. The van der Waals surface area contributed by atoms with E-state index >= 15 is 0 Å². The number of allylic oxidation sites excluding steroid dienone is 4. The topological polar surface area (TPSA) is 81.5 Å². The molecular weight excluding hydrogens is 190 g/mol. The van der Waals surface area contributed by atoms with E-state index in [0.717, 1.165) is 0 Å². The largest absolute Gasteiger partial charge is 0.370 e. The van der Waals surface area contributed by atoms with Gasteiger partial charge in [0, 0.05) is 11.0 Å². The number of hydrogen-bond acceptors (Lipinski definition) is 1. The lowest BCUT2D eigenvalue weighted by Gasteiger charge is -2.12. The van der Waals surface area contributed by atoms with Crippen LogP contribution in [0.2, 0.25) is 0 Å². The summed E-state index contributed by atoms with van der Waals surface area (Å²) in [5, 5.41) is 0. The molecule has 0 aromatic heterocycles. The van der Waals surface area contributed by atoms with Gasteiger partial charge in [0.25, 0.3) is 5.91 Å². The molecule has 4 nitrogen and oxygen atoms in total. The first-order valence-corrected chi connectivity index (χ1v) is 4.63. The molecule has 0 atom stereocenters. The SMILES string of the molecule is CC1(C)C=CC=C(C(=O)N=C(N)N)C=C1. The van der Waals surface area contributed by atoms with Crippen LogP contribution in [0.1, 0.15) is 13.8 Å². The average Bonchev–Trinajstić information content (AvgIpc) is 2.25. The summed E-state index contributed by atoms with van der Waals surface area (Å²) < 4.78 is 0. The number of amides is 1. The Morgan fingerprint density at radius 3 is 2.60 bits per heavy atom. The molecule has 0 fully saturated rings. The Morgan fingerprint density at radius 2 is 2.00 bits per heavy atom. The number of carbonyl (C=O) groups excluding carboxylic acids is 1. The van der Waals surface area contributed by atoms with E-state index in [1.54, 1.807) is 12.2 Å². The maximum atomic E-state index is 11.5. The first-order valence-electron chi connectivity index (χ1n) is 4.63. The van der Waals surface area contributed by atoms with Crippen LogP contribution in [0, 0.1) is 5.41 Å². The van der Waals surface area contributed by atoms with Gasteiger partial charge < -0.3 is 11.5 Å². The summed E-state index contributed by atoms with van der Waals surface area (Å²) in [5.74, 6) is -0.643. The van der Waals surface area contributed by atoms with Crippen LogP contribution in [0.25, 0.3) is 0 Å². The first-order chi connectivity index (χ1) is 6.91. The molecule has 80 valence electrons. The van der Waals surface area contributed by atoms with Crippen molar-refractivity contribution in [3.63, 3.8) is 0 Å². The lowest BCUT2D eigenvalue weighted by atomic mass is 9.93. The molecule has 0 aromatic carbocycles. The number of carbonyl (C=O) groups is 1. The molecule has 0 spiro atoms. The zero-order chi connectivity index (χ0) is 11.5. The van der Waals surface area contributed by atoms with Gasteiger partial charge in [-0.15, -0.1) is 0 Å². The van der Waals surface area contributed by atoms with Crippen LogP contribution in [0.5, 0.6) is 0 Å². The summed E-state index contributed by atoms with van der Waals surface area (Å²) in [5.41, 5.74) is 10.7. The lowest BCUT2D eigenvalue weighted by molar-refractivity contribution is -0.114. The number of rotatable bonds is 1. The molecule has 0 unspecified atom stereocenters. The highest BCUT2D eigenvalue weighted by atomic mass is 16.1. The Morgan fingerprint density at radius 1 is 1.33 bits per heavy atom. The molecule has 1 aliphatic carbocycles. The Hall–Kier alpha value is -1.84. The normalized spacial score (nSPS) is 17.9. The minimum atomic E-state index is -0.423. The molecule has 0 aliphatic heterocycles. The molecule has 4 heteroatoms. The smallest absolute Gasteiger partial charge is 0.280 e. The van der Waals surface area contributed by atoms with Gasteiger partial charge in [0.1, 0.15) is 0 Å². The number of hydrogen-bond donors (Lipinski definition) is 2. The van der Waals surface area contributed by atoms with Gasteiger partial charge in [-0.05, 0) is 6.08 Å². The summed E-state index contributed by atoms with van der Waals surface area (Å²) in [6.45, 7) is 4.09. The van der Waals surface area contributed by atoms with E-state index in [-0.39, 0.29) is 11.4 Å². The van der Waals surface area contributed by atoms with Crippen LogP contribution in [0.3, 0.4) is 0 Å². The lowest BCUT2D eigenvalue weighted by Crippen LogP contribution is -2.24. The van der Waals surface area contributed by atoms with Gasteiger partial charge in [0.05, 0.1) is 0 Å². The van der Waals surface area contributed by atoms with E-state index in [1.165, 1.54) is 0 Å². The fraction of sp³-hybridized carbons (Fsp3) is 0.273. The second-order valence-electron chi connectivity index (χ2n) is 3.98. The van der Waals surface area contributed by atoms with Gasteiger partial charge in [-0.1, -0.05) is 38.2 Å². The van der Waals surface area contributed by atoms with Crippen LogP contribution >= 0.6 is 0 Å². The second kappa shape index (κ2) is 4.13. The quantitative estimate of drug-likeness (QED) is 0.492. The summed E-state index contributed by atoms with van der Waals surface area (Å²) in [7, 11) is 0. The fourth-order valence-corrected chi connectivity index (χ4v) is 1.14. The molecule has 1 amide bonds. The third-order valence-corrected chi connectivity index (χ3v) is 1.97. The molecule has 0 heterocycles. The zero-order valence-corrected chi connectivity index (χ0v) is 8.90. The van der Waals surface area contributed by atoms with Crippen LogP contribution in [-0.2, 0) is 4.79 Å². The Kier molecular flexibility index (Phi) is 3.09. The zero-order valence-electron chi connectivity index (χ0n) is 8.90. The predicted molar refractivity (Wildman–Crippen MR) is 61.0 cm³/mol. The molecule has 15 heavy (non-hydrogen) atoms. The van der Waals surface area contributed by atoms with Crippen molar-refractivity contribution < 1.29 is 4.79 Å². The number of guanidine groups is 1. The van der Waals surface area contributed by atoms with Gasteiger partial charge in [-0.25, -0.2) is 0 Å². The first kappa shape index (κ1) is 11.2. The van der Waals surface area contributed by atoms with Crippen LogP contribution < -0.4 is 11.5 Å². The monoisotopic (exact) mass is 205 g/mol. The minimum Gasteiger partial charge on any atom is -0.370 e. The molecule has 0 bridgehead atoms. The summed E-state index contributed by atoms with van der Waals surface area (Å²) in [6, 6.07) is 0. The van der Waals surface area contributed by atoms with Crippen molar-refractivity contribution in [1.29, 1.82) is 0 Å². The maximum Gasteiger partial charge on any atom is 0.280 e. The number of nitrogens with zero attached hydrogens (tertiary/aromatic N) is 1. The highest BCUT2D eigenvalue weighted by molar-refractivity contribution is 6.03. The van der Waals surface area contributed by atoms with Gasteiger partial charge >= 0.3 is 0 Å². The average molecular weight is 205 g/mol. The Labute approximate surface area is 89.1 Å². The van der Waals surface area contributed by atoms with Crippen molar-refractivity contribution in [3.05, 3.63) is 36.0 Å². The summed E-state index contributed by atoms with van der Waals surface area (Å²) >= 11 is 0. The van der Waals surface area contributed by atoms with Gasteiger partial charge in [0.2, 0.25) is 0 Å². The van der Waals surface area contributed by atoms with E-state index < -0.39 is 5.91 Å². The Bertz CT molecular complexity index is 383. The van der Waals surface area contributed by atoms with Crippen molar-refractivity contribution in [1.82, 2.24) is 0 Å². The third-order valence-electron chi connectivity index (χ3n) is 1.97. The Balaban J connectivity index is 2.92. The number of nitrogens with two attached hydrogens (primary N) is 2. The predicted octanol–water partition coefficient (Wildman–Crippen LogP) is 0.865. The van der Waals surface area contributed by atoms with Gasteiger partial charge in [-0.2, -0.15) is 4.99 Å². The van der Waals surface area contributed by atoms with Crippen molar-refractivity contribution in [2.24, 2.45) is 21.9 Å². The van der Waals surface area contributed by atoms with Crippen LogP contribution in [-0.4, -0.2) is 11.9 Å². The molecule has 0 aromatic rings. The van der Waals surface area contributed by atoms with Gasteiger partial charge in [-0.3, -0.25) is 4.79 Å². The van der Waals surface area contributed by atoms with E-state index in [0.29, 0.717) is 5.57 Å².